The third-order valence-corrected chi connectivity index (χ3v) is 5.66. The molecular formula is C20H28N2O5S. The summed E-state index contributed by atoms with van der Waals surface area (Å²) in [7, 11) is -3.82. The van der Waals surface area contributed by atoms with Crippen LogP contribution >= 0.6 is 0 Å². The van der Waals surface area contributed by atoms with Gasteiger partial charge in [0.15, 0.2) is 6.61 Å². The van der Waals surface area contributed by atoms with Crippen molar-refractivity contribution in [1.29, 1.82) is 0 Å². The molecule has 7 nitrogen and oxygen atoms in total. The van der Waals surface area contributed by atoms with Crippen LogP contribution in [-0.4, -0.2) is 50.9 Å². The van der Waals surface area contributed by atoms with E-state index in [1.165, 1.54) is 19.4 Å². The van der Waals surface area contributed by atoms with Crippen molar-refractivity contribution >= 4 is 28.0 Å². The first-order valence-electron chi connectivity index (χ1n) is 9.57. The number of nitrogens with one attached hydrogen (secondary N) is 1. The fraction of sp³-hybridized carbons (Fsp3) is 0.500. The Labute approximate surface area is 166 Å². The van der Waals surface area contributed by atoms with Crippen molar-refractivity contribution in [3.05, 3.63) is 41.3 Å². The molecule has 0 aromatic heterocycles. The van der Waals surface area contributed by atoms with Crippen molar-refractivity contribution in [2.24, 2.45) is 0 Å². The summed E-state index contributed by atoms with van der Waals surface area (Å²) in [6, 6.07) is 7.85. The SMILES string of the molecule is C[C@H](NS(=O)(=O)/C=C/c1ccccc1)C(=O)OCC(=O)N1CCCCCCC1. The van der Waals surface area contributed by atoms with Crippen LogP contribution in [0.5, 0.6) is 0 Å². The first kappa shape index (κ1) is 22.1. The predicted octanol–water partition coefficient (Wildman–Crippen LogP) is 2.30. The molecule has 0 spiro atoms. The van der Waals surface area contributed by atoms with Crippen LogP contribution in [0.3, 0.4) is 0 Å². The lowest BCUT2D eigenvalue weighted by Crippen LogP contribution is -2.41. The maximum absolute atomic E-state index is 12.2. The first-order valence-corrected chi connectivity index (χ1v) is 11.1. The number of esters is 1. The standard InChI is InChI=1S/C20H28N2O5S/c1-17(21-28(25,26)15-12-18-10-6-5-7-11-18)20(24)27-16-19(23)22-13-8-3-2-4-9-14-22/h5-7,10-12,15,17,21H,2-4,8-9,13-14,16H2,1H3/b15-12+/t17-/m0/s1. The highest BCUT2D eigenvalue weighted by Gasteiger charge is 2.22. The fourth-order valence-corrected chi connectivity index (χ4v) is 3.92. The molecule has 1 amide bonds. The lowest BCUT2D eigenvalue weighted by Gasteiger charge is -2.24. The second kappa shape index (κ2) is 11.0. The van der Waals surface area contributed by atoms with E-state index in [1.807, 2.05) is 6.07 Å². The van der Waals surface area contributed by atoms with E-state index in [1.54, 1.807) is 29.2 Å². The summed E-state index contributed by atoms with van der Waals surface area (Å²) in [6.07, 6.45) is 6.71. The summed E-state index contributed by atoms with van der Waals surface area (Å²) < 4.78 is 31.4. The van der Waals surface area contributed by atoms with Gasteiger partial charge >= 0.3 is 5.97 Å². The van der Waals surface area contributed by atoms with E-state index in [0.29, 0.717) is 13.1 Å². The molecule has 1 N–H and O–H groups in total. The smallest absolute Gasteiger partial charge is 0.324 e. The van der Waals surface area contributed by atoms with Gasteiger partial charge < -0.3 is 9.64 Å². The number of carbonyl (C=O) groups excluding carboxylic acids is 2. The zero-order valence-electron chi connectivity index (χ0n) is 16.2. The molecule has 0 unspecified atom stereocenters. The zero-order valence-corrected chi connectivity index (χ0v) is 17.0. The van der Waals surface area contributed by atoms with Gasteiger partial charge in [0.2, 0.25) is 10.0 Å². The van der Waals surface area contributed by atoms with Gasteiger partial charge in [0.1, 0.15) is 6.04 Å². The number of likely N-dealkylation sites (tertiary alicyclic amines) is 1. The maximum atomic E-state index is 12.2. The lowest BCUT2D eigenvalue weighted by atomic mass is 10.1. The van der Waals surface area contributed by atoms with Crippen LogP contribution < -0.4 is 4.72 Å². The number of benzene rings is 1. The molecular weight excluding hydrogens is 380 g/mol. The molecule has 1 saturated heterocycles. The van der Waals surface area contributed by atoms with Crippen LogP contribution in [0.15, 0.2) is 35.7 Å². The number of ether oxygens (including phenoxy) is 1. The second-order valence-electron chi connectivity index (χ2n) is 6.85. The molecule has 1 heterocycles. The van der Waals surface area contributed by atoms with E-state index in [2.05, 4.69) is 4.72 Å². The molecule has 0 saturated carbocycles. The predicted molar refractivity (Wildman–Crippen MR) is 108 cm³/mol. The van der Waals surface area contributed by atoms with E-state index >= 15 is 0 Å². The second-order valence-corrected chi connectivity index (χ2v) is 8.45. The average molecular weight is 409 g/mol. The topological polar surface area (TPSA) is 92.8 Å². The van der Waals surface area contributed by atoms with Crippen LogP contribution in [-0.2, 0) is 24.3 Å². The van der Waals surface area contributed by atoms with E-state index < -0.39 is 22.0 Å². The molecule has 154 valence electrons. The number of sulfonamides is 1. The van der Waals surface area contributed by atoms with Gasteiger partial charge in [-0.2, -0.15) is 4.72 Å². The Morgan fingerprint density at radius 3 is 2.36 bits per heavy atom. The number of amides is 1. The summed E-state index contributed by atoms with van der Waals surface area (Å²) >= 11 is 0. The van der Waals surface area contributed by atoms with Crippen molar-refractivity contribution in [2.75, 3.05) is 19.7 Å². The maximum Gasteiger partial charge on any atom is 0.324 e. The fourth-order valence-electron chi connectivity index (χ4n) is 2.91. The minimum absolute atomic E-state index is 0.241. The largest absolute Gasteiger partial charge is 0.454 e. The van der Waals surface area contributed by atoms with Gasteiger partial charge in [0.05, 0.1) is 0 Å². The highest BCUT2D eigenvalue weighted by Crippen LogP contribution is 2.11. The molecule has 0 bridgehead atoms. The molecule has 8 heteroatoms. The first-order chi connectivity index (χ1) is 13.4. The Hall–Kier alpha value is -2.19. The highest BCUT2D eigenvalue weighted by atomic mass is 32.2. The number of nitrogens with zero attached hydrogens (tertiary/aromatic N) is 1. The molecule has 1 aliphatic rings. The Morgan fingerprint density at radius 1 is 1.11 bits per heavy atom. The number of carbonyl (C=O) groups is 2. The van der Waals surface area contributed by atoms with Crippen molar-refractivity contribution < 1.29 is 22.7 Å². The molecule has 1 aromatic rings. The van der Waals surface area contributed by atoms with E-state index in [-0.39, 0.29) is 12.5 Å². The van der Waals surface area contributed by atoms with Crippen molar-refractivity contribution in [1.82, 2.24) is 9.62 Å². The molecule has 1 aliphatic heterocycles. The average Bonchev–Trinajstić information content (AvgIpc) is 2.64. The monoisotopic (exact) mass is 408 g/mol. The van der Waals surface area contributed by atoms with Gasteiger partial charge in [-0.15, -0.1) is 0 Å². The summed E-state index contributed by atoms with van der Waals surface area (Å²) in [5.41, 5.74) is 0.724. The quantitative estimate of drug-likeness (QED) is 0.699. The minimum atomic E-state index is -3.82. The Balaban J connectivity index is 1.81. The lowest BCUT2D eigenvalue weighted by molar-refractivity contribution is -0.153. The summed E-state index contributed by atoms with van der Waals surface area (Å²) in [5, 5.41) is 0.997. The highest BCUT2D eigenvalue weighted by molar-refractivity contribution is 7.92. The Morgan fingerprint density at radius 2 is 1.71 bits per heavy atom. The van der Waals surface area contributed by atoms with Crippen LogP contribution in [0.2, 0.25) is 0 Å². The molecule has 1 fully saturated rings. The zero-order chi connectivity index (χ0) is 20.4. The van der Waals surface area contributed by atoms with Gasteiger partial charge in [0.25, 0.3) is 5.91 Å². The van der Waals surface area contributed by atoms with Crippen LogP contribution in [0.25, 0.3) is 6.08 Å². The third-order valence-electron chi connectivity index (χ3n) is 4.48. The Bertz CT molecular complexity index is 769. The number of hydrogen-bond donors (Lipinski definition) is 1. The molecule has 1 aromatic carbocycles. The summed E-state index contributed by atoms with van der Waals surface area (Å²) in [5.74, 6) is -1.02. The van der Waals surface area contributed by atoms with E-state index in [4.69, 9.17) is 4.74 Å². The van der Waals surface area contributed by atoms with Gasteiger partial charge in [-0.3, -0.25) is 9.59 Å². The van der Waals surface area contributed by atoms with E-state index in [9.17, 15) is 18.0 Å². The van der Waals surface area contributed by atoms with Crippen LogP contribution in [0, 0.1) is 0 Å². The van der Waals surface area contributed by atoms with Crippen molar-refractivity contribution in [3.63, 3.8) is 0 Å². The van der Waals surface area contributed by atoms with Crippen LogP contribution in [0.1, 0.15) is 44.6 Å². The number of hydrogen-bond acceptors (Lipinski definition) is 5. The molecule has 1 atom stereocenters. The Kier molecular flexibility index (Phi) is 8.66. The van der Waals surface area contributed by atoms with Crippen molar-refractivity contribution in [3.8, 4) is 0 Å². The van der Waals surface area contributed by atoms with Crippen LogP contribution in [0.4, 0.5) is 0 Å². The third kappa shape index (κ3) is 7.82. The van der Waals surface area contributed by atoms with Gasteiger partial charge in [0, 0.05) is 18.5 Å². The van der Waals surface area contributed by atoms with Gasteiger partial charge in [-0.1, -0.05) is 49.6 Å². The number of rotatable bonds is 7. The van der Waals surface area contributed by atoms with E-state index in [0.717, 1.165) is 36.7 Å². The molecule has 28 heavy (non-hydrogen) atoms. The minimum Gasteiger partial charge on any atom is -0.454 e. The van der Waals surface area contributed by atoms with Crippen molar-refractivity contribution in [2.45, 2.75) is 45.1 Å². The molecule has 2 rings (SSSR count). The summed E-state index contributed by atoms with van der Waals surface area (Å²) in [4.78, 5) is 26.0. The molecule has 0 aliphatic carbocycles. The summed E-state index contributed by atoms with van der Waals surface area (Å²) in [6.45, 7) is 2.35. The normalized spacial score (nSPS) is 17.0. The molecule has 0 radical (unpaired) electrons. The van der Waals surface area contributed by atoms with Gasteiger partial charge in [-0.05, 0) is 31.4 Å². The van der Waals surface area contributed by atoms with Gasteiger partial charge in [-0.25, -0.2) is 8.42 Å².